The van der Waals surface area contributed by atoms with E-state index in [4.69, 9.17) is 0 Å². The molecule has 1 saturated heterocycles. The van der Waals surface area contributed by atoms with E-state index in [1.807, 2.05) is 30.3 Å². The number of nitrogens with one attached hydrogen (secondary N) is 1. The van der Waals surface area contributed by atoms with Gasteiger partial charge in [-0.3, -0.25) is 9.69 Å². The lowest BCUT2D eigenvalue weighted by Gasteiger charge is -2.09. The summed E-state index contributed by atoms with van der Waals surface area (Å²) < 4.78 is 0. The summed E-state index contributed by atoms with van der Waals surface area (Å²) in [7, 11) is 0. The van der Waals surface area contributed by atoms with Crippen LogP contribution in [0.5, 0.6) is 0 Å². The van der Waals surface area contributed by atoms with Gasteiger partial charge in [0.15, 0.2) is 0 Å². The third kappa shape index (κ3) is 3.14. The Morgan fingerprint density at radius 2 is 2.00 bits per heavy atom. The lowest BCUT2D eigenvalue weighted by atomic mass is 10.1. The van der Waals surface area contributed by atoms with E-state index in [0.29, 0.717) is 6.42 Å². The summed E-state index contributed by atoms with van der Waals surface area (Å²) in [4.78, 5) is 24.8. The number of benzene rings is 1. The molecule has 1 heterocycles. The zero-order chi connectivity index (χ0) is 13.7. The van der Waals surface area contributed by atoms with Crippen molar-refractivity contribution in [2.24, 2.45) is 0 Å². The van der Waals surface area contributed by atoms with E-state index in [1.165, 1.54) is 4.90 Å². The first-order valence-electron chi connectivity index (χ1n) is 6.28. The van der Waals surface area contributed by atoms with Gasteiger partial charge in [0.1, 0.15) is 6.04 Å². The molecule has 0 radical (unpaired) electrons. The largest absolute Gasteiger partial charge is 0.326 e. The molecule has 0 spiro atoms. The second-order valence-electron chi connectivity index (χ2n) is 4.38. The van der Waals surface area contributed by atoms with E-state index in [-0.39, 0.29) is 18.5 Å². The van der Waals surface area contributed by atoms with Crippen molar-refractivity contribution in [1.29, 1.82) is 0 Å². The standard InChI is InChI=1S/C15H16N2O2/c1-2-3-11-17-14(18)13(16-15(17)19)10-9-12-7-5-4-6-8-12/h4-8,13H,9-11H2,1H3,(H,16,19). The Labute approximate surface area is 112 Å². The molecule has 1 aromatic rings. The highest BCUT2D eigenvalue weighted by Gasteiger charge is 2.36. The van der Waals surface area contributed by atoms with Crippen LogP contribution in [0.4, 0.5) is 4.79 Å². The summed E-state index contributed by atoms with van der Waals surface area (Å²) in [5, 5.41) is 2.70. The summed E-state index contributed by atoms with van der Waals surface area (Å²) >= 11 is 0. The molecule has 98 valence electrons. The van der Waals surface area contributed by atoms with Crippen molar-refractivity contribution in [2.75, 3.05) is 6.54 Å². The van der Waals surface area contributed by atoms with Crippen LogP contribution in [0.1, 0.15) is 18.9 Å². The molecule has 1 atom stereocenters. The van der Waals surface area contributed by atoms with Crippen LogP contribution in [0.3, 0.4) is 0 Å². The molecule has 3 amide bonds. The summed E-state index contributed by atoms with van der Waals surface area (Å²) in [6, 6.07) is 9.15. The molecular formula is C15H16N2O2. The van der Waals surface area contributed by atoms with Crippen LogP contribution in [0.2, 0.25) is 0 Å². The zero-order valence-electron chi connectivity index (χ0n) is 10.8. The Hall–Kier alpha value is -2.28. The number of nitrogens with zero attached hydrogens (tertiary/aromatic N) is 1. The van der Waals surface area contributed by atoms with Crippen molar-refractivity contribution in [3.8, 4) is 11.8 Å². The van der Waals surface area contributed by atoms with Gasteiger partial charge in [0.05, 0.1) is 6.54 Å². The van der Waals surface area contributed by atoms with Gasteiger partial charge in [0, 0.05) is 0 Å². The number of carbonyl (C=O) groups excluding carboxylic acids is 2. The Morgan fingerprint density at radius 1 is 1.26 bits per heavy atom. The fourth-order valence-electron chi connectivity index (χ4n) is 2.04. The summed E-state index contributed by atoms with van der Waals surface area (Å²) in [5.41, 5.74) is 1.16. The summed E-state index contributed by atoms with van der Waals surface area (Å²) in [5.74, 6) is 5.25. The maximum absolute atomic E-state index is 12.0. The maximum atomic E-state index is 12.0. The minimum absolute atomic E-state index is 0.170. The predicted molar refractivity (Wildman–Crippen MR) is 72.2 cm³/mol. The highest BCUT2D eigenvalue weighted by atomic mass is 16.2. The molecule has 0 aromatic heterocycles. The third-order valence-electron chi connectivity index (χ3n) is 3.09. The topological polar surface area (TPSA) is 49.4 Å². The number of amides is 3. The molecule has 4 nitrogen and oxygen atoms in total. The van der Waals surface area contributed by atoms with Crippen LogP contribution >= 0.6 is 0 Å². The van der Waals surface area contributed by atoms with E-state index in [2.05, 4.69) is 17.2 Å². The lowest BCUT2D eigenvalue weighted by molar-refractivity contribution is -0.127. The van der Waals surface area contributed by atoms with Gasteiger partial charge in [-0.1, -0.05) is 36.3 Å². The Bertz CT molecular complexity index is 528. The molecule has 1 aromatic carbocycles. The van der Waals surface area contributed by atoms with Crippen molar-refractivity contribution in [1.82, 2.24) is 10.2 Å². The molecule has 0 saturated carbocycles. The fraction of sp³-hybridized carbons (Fsp3) is 0.333. The lowest BCUT2D eigenvalue weighted by Crippen LogP contribution is -2.32. The van der Waals surface area contributed by atoms with Crippen LogP contribution in [-0.2, 0) is 11.2 Å². The number of aryl methyl sites for hydroxylation is 1. The first-order chi connectivity index (χ1) is 9.22. The van der Waals surface area contributed by atoms with Crippen molar-refractivity contribution in [2.45, 2.75) is 25.8 Å². The Balaban J connectivity index is 1.93. The molecule has 0 aliphatic carbocycles. The van der Waals surface area contributed by atoms with Crippen LogP contribution in [0.25, 0.3) is 0 Å². The summed E-state index contributed by atoms with van der Waals surface area (Å²) in [6.45, 7) is 1.86. The minimum atomic E-state index is -0.425. The smallest absolute Gasteiger partial charge is 0.325 e. The fourth-order valence-corrected chi connectivity index (χ4v) is 2.04. The monoisotopic (exact) mass is 256 g/mol. The predicted octanol–water partition coefficient (Wildman–Crippen LogP) is 1.56. The van der Waals surface area contributed by atoms with Crippen LogP contribution in [0.15, 0.2) is 30.3 Å². The average Bonchev–Trinajstić information content (AvgIpc) is 2.70. The summed E-state index contributed by atoms with van der Waals surface area (Å²) in [6.07, 6.45) is 1.38. The van der Waals surface area contributed by atoms with Crippen LogP contribution in [0, 0.1) is 11.8 Å². The van der Waals surface area contributed by atoms with Crippen molar-refractivity contribution < 1.29 is 9.59 Å². The van der Waals surface area contributed by atoms with Gasteiger partial charge in [-0.15, -0.1) is 5.92 Å². The maximum Gasteiger partial charge on any atom is 0.325 e. The highest BCUT2D eigenvalue weighted by Crippen LogP contribution is 2.12. The molecule has 4 heteroatoms. The van der Waals surface area contributed by atoms with E-state index in [9.17, 15) is 9.59 Å². The van der Waals surface area contributed by atoms with E-state index in [0.717, 1.165) is 12.0 Å². The molecule has 1 unspecified atom stereocenters. The molecule has 2 rings (SSSR count). The van der Waals surface area contributed by atoms with Gasteiger partial charge in [-0.2, -0.15) is 0 Å². The molecular weight excluding hydrogens is 240 g/mol. The van der Waals surface area contributed by atoms with E-state index < -0.39 is 6.04 Å². The third-order valence-corrected chi connectivity index (χ3v) is 3.09. The van der Waals surface area contributed by atoms with Gasteiger partial charge in [0.25, 0.3) is 5.91 Å². The van der Waals surface area contributed by atoms with Crippen LogP contribution < -0.4 is 5.32 Å². The van der Waals surface area contributed by atoms with E-state index >= 15 is 0 Å². The second-order valence-corrected chi connectivity index (χ2v) is 4.38. The van der Waals surface area contributed by atoms with Crippen molar-refractivity contribution in [3.05, 3.63) is 35.9 Å². The number of rotatable bonds is 4. The second kappa shape index (κ2) is 6.05. The van der Waals surface area contributed by atoms with E-state index in [1.54, 1.807) is 6.92 Å². The Kier molecular flexibility index (Phi) is 4.19. The van der Waals surface area contributed by atoms with Gasteiger partial charge < -0.3 is 5.32 Å². The number of carbonyl (C=O) groups is 2. The van der Waals surface area contributed by atoms with Gasteiger partial charge in [-0.25, -0.2) is 4.79 Å². The molecule has 1 aliphatic rings. The number of urea groups is 1. The first kappa shape index (κ1) is 13.2. The van der Waals surface area contributed by atoms with Crippen molar-refractivity contribution >= 4 is 11.9 Å². The number of hydrogen-bond donors (Lipinski definition) is 1. The molecule has 1 aliphatic heterocycles. The first-order valence-corrected chi connectivity index (χ1v) is 6.28. The number of imide groups is 1. The van der Waals surface area contributed by atoms with Gasteiger partial charge in [-0.05, 0) is 25.3 Å². The van der Waals surface area contributed by atoms with Crippen molar-refractivity contribution in [3.63, 3.8) is 0 Å². The Morgan fingerprint density at radius 3 is 2.68 bits per heavy atom. The molecule has 1 N–H and O–H groups in total. The highest BCUT2D eigenvalue weighted by molar-refractivity contribution is 6.04. The van der Waals surface area contributed by atoms with Gasteiger partial charge >= 0.3 is 6.03 Å². The molecule has 1 fully saturated rings. The average molecular weight is 256 g/mol. The quantitative estimate of drug-likeness (QED) is 0.656. The normalized spacial score (nSPS) is 17.9. The van der Waals surface area contributed by atoms with Crippen LogP contribution in [-0.4, -0.2) is 29.4 Å². The molecule has 19 heavy (non-hydrogen) atoms. The molecule has 0 bridgehead atoms. The number of hydrogen-bond acceptors (Lipinski definition) is 2. The van der Waals surface area contributed by atoms with Gasteiger partial charge in [0.2, 0.25) is 0 Å². The SMILES string of the molecule is CC#CCN1C(=O)NC(CCc2ccccc2)C1=O. The zero-order valence-corrected chi connectivity index (χ0v) is 10.8. The minimum Gasteiger partial charge on any atom is -0.326 e.